The van der Waals surface area contributed by atoms with Gasteiger partial charge in [0.1, 0.15) is 6.04 Å². The largest absolute Gasteiger partial charge is 0.392 e. The van der Waals surface area contributed by atoms with Crippen LogP contribution in [-0.2, 0) is 57.0 Å². The molecular weight excluding hydrogens is 831 g/mol. The summed E-state index contributed by atoms with van der Waals surface area (Å²) in [7, 11) is -3.98. The molecule has 1 heterocycles. The summed E-state index contributed by atoms with van der Waals surface area (Å²) in [4.78, 5) is 16.4. The predicted octanol–water partition coefficient (Wildman–Crippen LogP) is 9.61. The lowest BCUT2D eigenvalue weighted by molar-refractivity contribution is -0.253. The smallest absolute Gasteiger partial charge is 0.241 e. The first-order valence-corrected chi connectivity index (χ1v) is 23.6. The van der Waals surface area contributed by atoms with E-state index in [1.54, 1.807) is 24.3 Å². The van der Waals surface area contributed by atoms with Gasteiger partial charge in [-0.2, -0.15) is 4.72 Å². The molecule has 7 aromatic carbocycles. The van der Waals surface area contributed by atoms with Crippen molar-refractivity contribution in [1.82, 2.24) is 14.9 Å². The van der Waals surface area contributed by atoms with Gasteiger partial charge < -0.3 is 19.9 Å². The number of rotatable bonds is 18. The van der Waals surface area contributed by atoms with Gasteiger partial charge in [-0.3, -0.25) is 9.69 Å². The number of hydrogen-bond acceptors (Lipinski definition) is 7. The zero-order valence-corrected chi connectivity index (χ0v) is 37.3. The van der Waals surface area contributed by atoms with Crippen LogP contribution >= 0.6 is 0 Å². The third-order valence-corrected chi connectivity index (χ3v) is 13.2. The van der Waals surface area contributed by atoms with Crippen molar-refractivity contribution in [2.75, 3.05) is 6.54 Å². The fourth-order valence-corrected chi connectivity index (χ4v) is 9.43. The number of hydrogen-bond donors (Lipinski definition) is 3. The summed E-state index contributed by atoms with van der Waals surface area (Å²) in [6.07, 6.45) is -0.221. The summed E-state index contributed by atoms with van der Waals surface area (Å²) >= 11 is 0. The Morgan fingerprint density at radius 3 is 1.86 bits per heavy atom. The highest BCUT2D eigenvalue weighted by molar-refractivity contribution is 7.89. The highest BCUT2D eigenvalue weighted by atomic mass is 32.2. The first-order valence-electron chi connectivity index (χ1n) is 22.1. The number of benzene rings is 7. The summed E-state index contributed by atoms with van der Waals surface area (Å²) in [6.45, 7) is 4.27. The van der Waals surface area contributed by atoms with Crippen LogP contribution in [0.25, 0.3) is 11.1 Å². The van der Waals surface area contributed by atoms with Crippen LogP contribution < -0.4 is 10.0 Å². The molecular formula is C55H55N3O6S. The average molecular weight is 886 g/mol. The molecule has 65 heavy (non-hydrogen) atoms. The maximum atomic E-state index is 13.8. The van der Waals surface area contributed by atoms with Crippen LogP contribution in [-0.4, -0.2) is 43.0 Å². The molecule has 0 saturated carbocycles. The molecule has 10 heteroatoms. The van der Waals surface area contributed by atoms with E-state index in [1.807, 2.05) is 116 Å². The van der Waals surface area contributed by atoms with Crippen LogP contribution in [0, 0.1) is 6.92 Å². The Morgan fingerprint density at radius 2 is 1.23 bits per heavy atom. The minimum Gasteiger partial charge on any atom is -0.392 e. The highest BCUT2D eigenvalue weighted by Crippen LogP contribution is 2.39. The van der Waals surface area contributed by atoms with Crippen molar-refractivity contribution in [2.45, 2.75) is 75.4 Å². The van der Waals surface area contributed by atoms with Crippen molar-refractivity contribution in [1.29, 1.82) is 0 Å². The molecule has 1 fully saturated rings. The van der Waals surface area contributed by atoms with Gasteiger partial charge >= 0.3 is 0 Å². The van der Waals surface area contributed by atoms with Crippen molar-refractivity contribution in [3.05, 3.63) is 233 Å². The van der Waals surface area contributed by atoms with Gasteiger partial charge in [0.25, 0.3) is 0 Å². The topological polar surface area (TPSA) is 117 Å². The minimum atomic E-state index is -3.98. The Bertz CT molecular complexity index is 2680. The summed E-state index contributed by atoms with van der Waals surface area (Å²) < 4.78 is 43.3. The molecule has 9 nitrogen and oxygen atoms in total. The second kappa shape index (κ2) is 21.6. The van der Waals surface area contributed by atoms with E-state index in [2.05, 4.69) is 69.5 Å². The fraction of sp³-hybridized carbons (Fsp3) is 0.218. The normalized spacial score (nSPS) is 16.8. The maximum Gasteiger partial charge on any atom is 0.241 e. The SMILES string of the molecule is Cc1ccc(S(=O)(=O)NC(Cc2ccccc2)C(=O)NCc2cccc(-c3cccc(C4OC(CN(Cc5ccccc5)Cc5ccccc5)CC(c5ccc(CO)cc5)O4)c3)c2)cc1. The molecule has 7 aromatic rings. The van der Waals surface area contributed by atoms with Gasteiger partial charge in [0.05, 0.1) is 23.7 Å². The zero-order valence-electron chi connectivity index (χ0n) is 36.5. The monoisotopic (exact) mass is 885 g/mol. The highest BCUT2D eigenvalue weighted by Gasteiger charge is 2.34. The van der Waals surface area contributed by atoms with Gasteiger partial charge in [0.2, 0.25) is 15.9 Å². The second-order valence-corrected chi connectivity index (χ2v) is 18.4. The number of aliphatic hydroxyl groups excluding tert-OH is 1. The molecule has 8 rings (SSSR count). The van der Waals surface area contributed by atoms with E-state index in [4.69, 9.17) is 9.47 Å². The Kier molecular flexibility index (Phi) is 15.1. The van der Waals surface area contributed by atoms with Crippen LogP contribution in [0.4, 0.5) is 0 Å². The van der Waals surface area contributed by atoms with E-state index in [1.165, 1.54) is 11.1 Å². The molecule has 0 radical (unpaired) electrons. The number of carbonyl (C=O) groups excluding carboxylic acids is 1. The Morgan fingerprint density at radius 1 is 0.646 bits per heavy atom. The molecule has 1 aliphatic heterocycles. The van der Waals surface area contributed by atoms with Crippen LogP contribution in [0.3, 0.4) is 0 Å². The summed E-state index contributed by atoms with van der Waals surface area (Å²) in [5.41, 5.74) is 9.73. The van der Waals surface area contributed by atoms with E-state index in [-0.39, 0.29) is 36.7 Å². The molecule has 0 spiro atoms. The van der Waals surface area contributed by atoms with Crippen LogP contribution in [0.1, 0.15) is 63.3 Å². The van der Waals surface area contributed by atoms with Crippen LogP contribution in [0.15, 0.2) is 193 Å². The van der Waals surface area contributed by atoms with Gasteiger partial charge in [-0.1, -0.05) is 169 Å². The zero-order chi connectivity index (χ0) is 45.0. The van der Waals surface area contributed by atoms with Gasteiger partial charge in [0, 0.05) is 38.2 Å². The molecule has 1 aliphatic rings. The van der Waals surface area contributed by atoms with Crippen molar-refractivity contribution in [3.8, 4) is 11.1 Å². The van der Waals surface area contributed by atoms with Gasteiger partial charge in [-0.05, 0) is 82.1 Å². The van der Waals surface area contributed by atoms with E-state index in [0.717, 1.165) is 57.6 Å². The molecule has 0 aromatic heterocycles. The molecule has 1 saturated heterocycles. The third kappa shape index (κ3) is 12.5. The third-order valence-electron chi connectivity index (χ3n) is 11.7. The number of nitrogens with zero attached hydrogens (tertiary/aromatic N) is 1. The van der Waals surface area contributed by atoms with E-state index < -0.39 is 28.3 Å². The number of aryl methyl sites for hydroxylation is 1. The Labute approximate surface area is 382 Å². The lowest BCUT2D eigenvalue weighted by atomic mass is 9.98. The number of sulfonamides is 1. The average Bonchev–Trinajstić information content (AvgIpc) is 3.34. The lowest BCUT2D eigenvalue weighted by Gasteiger charge is -2.38. The van der Waals surface area contributed by atoms with Crippen molar-refractivity contribution in [2.24, 2.45) is 0 Å². The number of ether oxygens (including phenoxy) is 2. The van der Waals surface area contributed by atoms with Crippen LogP contribution in [0.5, 0.6) is 0 Å². The van der Waals surface area contributed by atoms with Crippen molar-refractivity contribution >= 4 is 15.9 Å². The fourth-order valence-electron chi connectivity index (χ4n) is 8.24. The predicted molar refractivity (Wildman–Crippen MR) is 255 cm³/mol. The van der Waals surface area contributed by atoms with Gasteiger partial charge in [-0.25, -0.2) is 8.42 Å². The number of amides is 1. The van der Waals surface area contributed by atoms with Gasteiger partial charge in [0.15, 0.2) is 6.29 Å². The summed E-state index contributed by atoms with van der Waals surface area (Å²) in [5.74, 6) is -0.426. The Balaban J connectivity index is 1.00. The minimum absolute atomic E-state index is 0.0285. The summed E-state index contributed by atoms with van der Waals surface area (Å²) in [5, 5.41) is 12.8. The van der Waals surface area contributed by atoms with Crippen LogP contribution in [0.2, 0.25) is 0 Å². The van der Waals surface area contributed by atoms with Gasteiger partial charge in [-0.15, -0.1) is 0 Å². The lowest BCUT2D eigenvalue weighted by Crippen LogP contribution is -2.47. The molecule has 4 atom stereocenters. The molecule has 0 aliphatic carbocycles. The van der Waals surface area contributed by atoms with E-state index >= 15 is 0 Å². The summed E-state index contributed by atoms with van der Waals surface area (Å²) in [6, 6.07) is 60.0. The molecule has 0 bridgehead atoms. The first kappa shape index (κ1) is 45.3. The van der Waals surface area contributed by atoms with E-state index in [9.17, 15) is 18.3 Å². The Hall–Kier alpha value is -6.24. The second-order valence-electron chi connectivity index (χ2n) is 16.7. The number of nitrogens with one attached hydrogen (secondary N) is 2. The first-order chi connectivity index (χ1) is 31.7. The molecule has 332 valence electrons. The molecule has 3 N–H and O–H groups in total. The van der Waals surface area contributed by atoms with E-state index in [0.29, 0.717) is 13.0 Å². The van der Waals surface area contributed by atoms with Crippen molar-refractivity contribution < 1.29 is 27.8 Å². The standard InChI is InChI=1S/C55H55N3O6S/c1-40-23-29-51(30-24-40)65(61,62)57-52(32-41-13-5-2-6-14-41)54(60)56-35-45-19-11-20-47(31-45)48-21-12-22-49(33-48)55-63-50(34-53(64-55)46-27-25-44(39-59)26-28-46)38-58(36-42-15-7-3-8-16-42)37-43-17-9-4-10-18-43/h2-31,33,50,52-53,55,57,59H,32,34-39H2,1H3,(H,56,60). The molecule has 4 unspecified atom stereocenters. The number of carbonyl (C=O) groups is 1. The molecule has 1 amide bonds. The quantitative estimate of drug-likeness (QED) is 0.0786. The number of aliphatic hydroxyl groups is 1. The maximum absolute atomic E-state index is 13.8. The van der Waals surface area contributed by atoms with Crippen molar-refractivity contribution in [3.63, 3.8) is 0 Å².